The Labute approximate surface area is 203 Å². The SMILES string of the molecule is COC(CN1C[C@H]2C[C@H](Oc3ccc(C)cc3)C[C@H]2C1)c1ccc(OCc2ccccc2)cc1. The highest BCUT2D eigenvalue weighted by Crippen LogP contribution is 2.40. The van der Waals surface area contributed by atoms with Crippen molar-refractivity contribution in [3.63, 3.8) is 0 Å². The van der Waals surface area contributed by atoms with E-state index < -0.39 is 0 Å². The van der Waals surface area contributed by atoms with Crippen molar-refractivity contribution >= 4 is 0 Å². The fraction of sp³-hybridized carbons (Fsp3) is 0.400. The van der Waals surface area contributed by atoms with E-state index >= 15 is 0 Å². The number of ether oxygens (including phenoxy) is 3. The molecule has 0 amide bonds. The Hall–Kier alpha value is -2.82. The Morgan fingerprint density at radius 1 is 0.824 bits per heavy atom. The Morgan fingerprint density at radius 3 is 2.12 bits per heavy atom. The van der Waals surface area contributed by atoms with E-state index in [0.717, 1.165) is 55.8 Å². The lowest BCUT2D eigenvalue weighted by Crippen LogP contribution is -2.29. The average molecular weight is 458 g/mol. The molecule has 3 aromatic carbocycles. The third kappa shape index (κ3) is 5.63. The highest BCUT2D eigenvalue weighted by Gasteiger charge is 2.42. The summed E-state index contributed by atoms with van der Waals surface area (Å²) in [6, 6.07) is 27.1. The van der Waals surface area contributed by atoms with Gasteiger partial charge in [-0.15, -0.1) is 0 Å². The van der Waals surface area contributed by atoms with Crippen LogP contribution in [-0.2, 0) is 11.3 Å². The summed E-state index contributed by atoms with van der Waals surface area (Å²) in [6.07, 6.45) is 2.73. The smallest absolute Gasteiger partial charge is 0.119 e. The zero-order valence-corrected chi connectivity index (χ0v) is 20.2. The number of methoxy groups -OCH3 is 1. The summed E-state index contributed by atoms with van der Waals surface area (Å²) in [4.78, 5) is 2.57. The molecule has 5 rings (SSSR count). The highest BCUT2D eigenvalue weighted by atomic mass is 16.5. The van der Waals surface area contributed by atoms with E-state index in [4.69, 9.17) is 14.2 Å². The monoisotopic (exact) mass is 457 g/mol. The second kappa shape index (κ2) is 10.6. The molecule has 2 fully saturated rings. The van der Waals surface area contributed by atoms with Gasteiger partial charge in [0.1, 0.15) is 18.1 Å². The molecule has 1 unspecified atom stereocenters. The maximum atomic E-state index is 6.28. The van der Waals surface area contributed by atoms with Gasteiger partial charge >= 0.3 is 0 Å². The lowest BCUT2D eigenvalue weighted by molar-refractivity contribution is 0.0667. The van der Waals surface area contributed by atoms with Gasteiger partial charge < -0.3 is 14.2 Å². The molecule has 4 heteroatoms. The molecule has 3 aromatic rings. The summed E-state index contributed by atoms with van der Waals surface area (Å²) in [5, 5.41) is 0. The van der Waals surface area contributed by atoms with Crippen LogP contribution >= 0.6 is 0 Å². The van der Waals surface area contributed by atoms with Crippen LogP contribution in [0, 0.1) is 18.8 Å². The minimum Gasteiger partial charge on any atom is -0.490 e. The predicted molar refractivity (Wildman–Crippen MR) is 135 cm³/mol. The molecular formula is C30H35NO3. The van der Waals surface area contributed by atoms with E-state index in [2.05, 4.69) is 72.5 Å². The van der Waals surface area contributed by atoms with Crippen molar-refractivity contribution in [1.82, 2.24) is 4.90 Å². The van der Waals surface area contributed by atoms with Crippen LogP contribution in [0.4, 0.5) is 0 Å². The summed E-state index contributed by atoms with van der Waals surface area (Å²) in [6.45, 7) is 5.89. The Balaban J connectivity index is 1.10. The summed E-state index contributed by atoms with van der Waals surface area (Å²) in [7, 11) is 1.81. The van der Waals surface area contributed by atoms with Gasteiger partial charge in [0.2, 0.25) is 0 Å². The van der Waals surface area contributed by atoms with Crippen LogP contribution in [-0.4, -0.2) is 37.7 Å². The first-order chi connectivity index (χ1) is 16.7. The standard InChI is InChI=1S/C30H35NO3/c1-22-8-12-28(13-9-22)34-29-16-25-18-31(19-26(25)17-29)20-30(32-2)24-10-14-27(15-11-24)33-21-23-6-4-3-5-7-23/h3-15,25-26,29-30H,16-21H2,1-2H3/t25-,26+,29+,30?. The number of aryl methyl sites for hydroxylation is 1. The van der Waals surface area contributed by atoms with Gasteiger partial charge in [-0.1, -0.05) is 60.2 Å². The second-order valence-electron chi connectivity index (χ2n) is 9.83. The Bertz CT molecular complexity index is 1020. The molecule has 1 saturated carbocycles. The van der Waals surface area contributed by atoms with Crippen LogP contribution in [0.25, 0.3) is 0 Å². The molecule has 4 atom stereocenters. The first-order valence-electron chi connectivity index (χ1n) is 12.4. The molecule has 1 aliphatic heterocycles. The van der Waals surface area contributed by atoms with Gasteiger partial charge in [-0.3, -0.25) is 4.90 Å². The summed E-state index contributed by atoms with van der Waals surface area (Å²) < 4.78 is 18.1. The van der Waals surface area contributed by atoms with Gasteiger partial charge in [-0.2, -0.15) is 0 Å². The predicted octanol–water partition coefficient (Wildman–Crippen LogP) is 6.05. The quantitative estimate of drug-likeness (QED) is 0.391. The Kier molecular flexibility index (Phi) is 7.17. The van der Waals surface area contributed by atoms with Crippen molar-refractivity contribution in [2.24, 2.45) is 11.8 Å². The first kappa shape index (κ1) is 22.9. The van der Waals surface area contributed by atoms with Gasteiger partial charge in [0.25, 0.3) is 0 Å². The van der Waals surface area contributed by atoms with E-state index in [9.17, 15) is 0 Å². The number of likely N-dealkylation sites (tertiary alicyclic amines) is 1. The fourth-order valence-electron chi connectivity index (χ4n) is 5.47. The second-order valence-corrected chi connectivity index (χ2v) is 9.83. The van der Waals surface area contributed by atoms with Crippen LogP contribution < -0.4 is 9.47 Å². The molecule has 0 aromatic heterocycles. The largest absolute Gasteiger partial charge is 0.490 e. The van der Waals surface area contributed by atoms with Crippen molar-refractivity contribution < 1.29 is 14.2 Å². The van der Waals surface area contributed by atoms with Crippen LogP contribution in [0.5, 0.6) is 11.5 Å². The molecule has 0 radical (unpaired) electrons. The van der Waals surface area contributed by atoms with Gasteiger partial charge in [0.15, 0.2) is 0 Å². The molecule has 1 saturated heterocycles. The molecule has 34 heavy (non-hydrogen) atoms. The zero-order valence-electron chi connectivity index (χ0n) is 20.2. The van der Waals surface area contributed by atoms with E-state index in [1.165, 1.54) is 16.7 Å². The van der Waals surface area contributed by atoms with Gasteiger partial charge in [0.05, 0.1) is 12.2 Å². The van der Waals surface area contributed by atoms with E-state index in [0.29, 0.717) is 12.7 Å². The van der Waals surface area contributed by atoms with Crippen molar-refractivity contribution in [1.29, 1.82) is 0 Å². The first-order valence-corrected chi connectivity index (χ1v) is 12.4. The topological polar surface area (TPSA) is 30.9 Å². The summed E-state index contributed by atoms with van der Waals surface area (Å²) in [5.41, 5.74) is 3.65. The molecule has 1 aliphatic carbocycles. The van der Waals surface area contributed by atoms with Crippen molar-refractivity contribution in [2.75, 3.05) is 26.7 Å². The molecule has 0 bridgehead atoms. The average Bonchev–Trinajstić information content (AvgIpc) is 3.42. The maximum Gasteiger partial charge on any atom is 0.119 e. The number of rotatable bonds is 9. The number of fused-ring (bicyclic) bond motifs is 1. The number of benzene rings is 3. The molecule has 0 N–H and O–H groups in total. The minimum atomic E-state index is 0.0709. The lowest BCUT2D eigenvalue weighted by atomic mass is 10.0. The van der Waals surface area contributed by atoms with Crippen molar-refractivity contribution in [3.8, 4) is 11.5 Å². The molecule has 0 spiro atoms. The van der Waals surface area contributed by atoms with Gasteiger partial charge in [0, 0.05) is 26.7 Å². The molecular weight excluding hydrogens is 422 g/mol. The van der Waals surface area contributed by atoms with Crippen LogP contribution in [0.15, 0.2) is 78.9 Å². The molecule has 4 nitrogen and oxygen atoms in total. The zero-order chi connectivity index (χ0) is 23.3. The molecule has 2 aliphatic rings. The fourth-order valence-corrected chi connectivity index (χ4v) is 5.47. The van der Waals surface area contributed by atoms with Crippen molar-refractivity contribution in [2.45, 2.75) is 38.6 Å². The normalized spacial score (nSPS) is 22.9. The van der Waals surface area contributed by atoms with E-state index in [1.807, 2.05) is 25.3 Å². The van der Waals surface area contributed by atoms with Crippen LogP contribution in [0.1, 0.15) is 35.6 Å². The van der Waals surface area contributed by atoms with Gasteiger partial charge in [-0.25, -0.2) is 0 Å². The lowest BCUT2D eigenvalue weighted by Gasteiger charge is -2.25. The minimum absolute atomic E-state index is 0.0709. The molecule has 178 valence electrons. The van der Waals surface area contributed by atoms with E-state index in [1.54, 1.807) is 0 Å². The Morgan fingerprint density at radius 2 is 1.47 bits per heavy atom. The van der Waals surface area contributed by atoms with Crippen LogP contribution in [0.3, 0.4) is 0 Å². The number of hydrogen-bond donors (Lipinski definition) is 0. The number of hydrogen-bond acceptors (Lipinski definition) is 4. The maximum absolute atomic E-state index is 6.28. The number of nitrogens with zero attached hydrogens (tertiary/aromatic N) is 1. The summed E-state index contributed by atoms with van der Waals surface area (Å²) in [5.74, 6) is 3.34. The third-order valence-corrected chi connectivity index (χ3v) is 7.32. The van der Waals surface area contributed by atoms with E-state index in [-0.39, 0.29) is 6.10 Å². The van der Waals surface area contributed by atoms with Crippen LogP contribution in [0.2, 0.25) is 0 Å². The molecule has 1 heterocycles. The summed E-state index contributed by atoms with van der Waals surface area (Å²) >= 11 is 0. The van der Waals surface area contributed by atoms with Gasteiger partial charge in [-0.05, 0) is 67.0 Å². The highest BCUT2D eigenvalue weighted by molar-refractivity contribution is 5.29. The van der Waals surface area contributed by atoms with Crippen molar-refractivity contribution in [3.05, 3.63) is 95.6 Å². The third-order valence-electron chi connectivity index (χ3n) is 7.32.